The van der Waals surface area contributed by atoms with Crippen LogP contribution in [0.3, 0.4) is 0 Å². The van der Waals surface area contributed by atoms with E-state index in [1.54, 1.807) is 19.9 Å². The van der Waals surface area contributed by atoms with Crippen molar-refractivity contribution in [2.45, 2.75) is 13.8 Å². The van der Waals surface area contributed by atoms with Crippen molar-refractivity contribution in [3.05, 3.63) is 33.5 Å². The third-order valence-corrected chi connectivity index (χ3v) is 4.05. The maximum absolute atomic E-state index is 12.0. The SMILES string of the molecule is CCOC(=O)c1c(C)[nH]n2c(-c3ccc([N+](=O)[O-])s3)nnc12. The number of hydrogen-bond acceptors (Lipinski definition) is 7. The summed E-state index contributed by atoms with van der Waals surface area (Å²) in [5, 5.41) is 21.8. The van der Waals surface area contributed by atoms with Gasteiger partial charge in [-0.2, -0.15) is 0 Å². The number of aromatic amines is 1. The first-order valence-electron chi connectivity index (χ1n) is 6.38. The number of aromatic nitrogens is 4. The lowest BCUT2D eigenvalue weighted by atomic mass is 10.2. The van der Waals surface area contributed by atoms with Gasteiger partial charge < -0.3 is 4.74 Å². The van der Waals surface area contributed by atoms with Crippen molar-refractivity contribution in [1.82, 2.24) is 19.8 Å². The zero-order valence-electron chi connectivity index (χ0n) is 11.7. The molecule has 0 saturated heterocycles. The molecule has 0 spiro atoms. The molecule has 0 aromatic carbocycles. The van der Waals surface area contributed by atoms with Crippen molar-refractivity contribution in [3.63, 3.8) is 0 Å². The van der Waals surface area contributed by atoms with Crippen LogP contribution >= 0.6 is 11.3 Å². The largest absolute Gasteiger partial charge is 0.462 e. The number of hydrogen-bond donors (Lipinski definition) is 1. The summed E-state index contributed by atoms with van der Waals surface area (Å²) in [5.41, 5.74) is 1.24. The molecule has 0 aliphatic heterocycles. The van der Waals surface area contributed by atoms with Gasteiger partial charge in [0, 0.05) is 11.8 Å². The zero-order chi connectivity index (χ0) is 15.9. The lowest BCUT2D eigenvalue weighted by Gasteiger charge is -1.98. The first-order chi connectivity index (χ1) is 10.5. The van der Waals surface area contributed by atoms with E-state index >= 15 is 0 Å². The van der Waals surface area contributed by atoms with Gasteiger partial charge in [0.2, 0.25) is 0 Å². The van der Waals surface area contributed by atoms with Crippen molar-refractivity contribution in [3.8, 4) is 10.7 Å². The number of H-pyrrole nitrogens is 1. The summed E-state index contributed by atoms with van der Waals surface area (Å²) in [6.07, 6.45) is 0. The summed E-state index contributed by atoms with van der Waals surface area (Å²) >= 11 is 0.989. The van der Waals surface area contributed by atoms with Gasteiger partial charge in [-0.3, -0.25) is 15.2 Å². The average molecular weight is 321 g/mol. The van der Waals surface area contributed by atoms with E-state index in [0.717, 1.165) is 11.3 Å². The summed E-state index contributed by atoms with van der Waals surface area (Å²) in [4.78, 5) is 22.9. The molecule has 0 saturated carbocycles. The van der Waals surface area contributed by atoms with Crippen molar-refractivity contribution < 1.29 is 14.5 Å². The summed E-state index contributed by atoms with van der Waals surface area (Å²) in [6, 6.07) is 3.00. The predicted molar refractivity (Wildman–Crippen MR) is 78.0 cm³/mol. The first kappa shape index (κ1) is 14.2. The van der Waals surface area contributed by atoms with Gasteiger partial charge in [0.05, 0.1) is 16.4 Å². The Morgan fingerprint density at radius 1 is 1.50 bits per heavy atom. The molecule has 0 aliphatic rings. The van der Waals surface area contributed by atoms with Crippen molar-refractivity contribution in [2.24, 2.45) is 0 Å². The average Bonchev–Trinajstić information content (AvgIpc) is 3.12. The predicted octanol–water partition coefficient (Wildman–Crippen LogP) is 2.18. The topological polar surface area (TPSA) is 115 Å². The van der Waals surface area contributed by atoms with Crippen LogP contribution in [0.25, 0.3) is 16.3 Å². The van der Waals surface area contributed by atoms with Gasteiger partial charge in [-0.1, -0.05) is 11.3 Å². The summed E-state index contributed by atoms with van der Waals surface area (Å²) in [6.45, 7) is 3.70. The van der Waals surface area contributed by atoms with Gasteiger partial charge in [0.1, 0.15) is 5.56 Å². The maximum atomic E-state index is 12.0. The van der Waals surface area contributed by atoms with E-state index in [0.29, 0.717) is 27.6 Å². The summed E-state index contributed by atoms with van der Waals surface area (Å²) in [5.74, 6) is -0.0749. The van der Waals surface area contributed by atoms with Gasteiger partial charge in [-0.05, 0) is 19.9 Å². The lowest BCUT2D eigenvalue weighted by Crippen LogP contribution is -2.05. The Balaban J connectivity index is 2.11. The minimum absolute atomic E-state index is 0.0145. The van der Waals surface area contributed by atoms with E-state index in [2.05, 4.69) is 15.3 Å². The van der Waals surface area contributed by atoms with Crippen molar-refractivity contribution in [2.75, 3.05) is 6.61 Å². The van der Waals surface area contributed by atoms with Crippen LogP contribution in [0, 0.1) is 17.0 Å². The third-order valence-electron chi connectivity index (χ3n) is 3.01. The second-order valence-electron chi connectivity index (χ2n) is 4.41. The maximum Gasteiger partial charge on any atom is 0.343 e. The highest BCUT2D eigenvalue weighted by Crippen LogP contribution is 2.32. The van der Waals surface area contributed by atoms with Crippen LogP contribution in [-0.2, 0) is 4.74 Å². The molecule has 9 nitrogen and oxygen atoms in total. The normalized spacial score (nSPS) is 11.0. The van der Waals surface area contributed by atoms with E-state index in [4.69, 9.17) is 4.74 Å². The second kappa shape index (κ2) is 5.22. The molecule has 0 aliphatic carbocycles. The molecule has 22 heavy (non-hydrogen) atoms. The van der Waals surface area contributed by atoms with Crippen LogP contribution in [0.1, 0.15) is 23.0 Å². The summed E-state index contributed by atoms with van der Waals surface area (Å²) in [7, 11) is 0. The van der Waals surface area contributed by atoms with Crippen molar-refractivity contribution >= 4 is 28.0 Å². The van der Waals surface area contributed by atoms with Crippen LogP contribution in [0.4, 0.5) is 5.00 Å². The zero-order valence-corrected chi connectivity index (χ0v) is 12.5. The third kappa shape index (κ3) is 2.13. The Morgan fingerprint density at radius 2 is 2.27 bits per heavy atom. The Bertz CT molecular complexity index is 877. The van der Waals surface area contributed by atoms with Crippen LogP contribution in [0.5, 0.6) is 0 Å². The van der Waals surface area contributed by atoms with Gasteiger partial charge in [0.25, 0.3) is 0 Å². The van der Waals surface area contributed by atoms with E-state index < -0.39 is 10.9 Å². The van der Waals surface area contributed by atoms with Crippen molar-refractivity contribution in [1.29, 1.82) is 0 Å². The number of rotatable bonds is 4. The standard InChI is InChI=1S/C12H11N5O4S/c1-3-21-12(18)9-6(2)15-16-10(13-14-11(9)16)7-4-5-8(22-7)17(19)20/h4-5,15H,3H2,1-2H3. The van der Waals surface area contributed by atoms with Crippen LogP contribution < -0.4 is 0 Å². The molecule has 3 rings (SSSR count). The molecule has 114 valence electrons. The van der Waals surface area contributed by atoms with Crippen LogP contribution in [0.15, 0.2) is 12.1 Å². The van der Waals surface area contributed by atoms with E-state index in [1.165, 1.54) is 10.6 Å². The van der Waals surface area contributed by atoms with E-state index in [1.807, 2.05) is 0 Å². The number of carbonyl (C=O) groups is 1. The molecule has 0 amide bonds. The summed E-state index contributed by atoms with van der Waals surface area (Å²) < 4.78 is 6.52. The van der Waals surface area contributed by atoms with Gasteiger partial charge in [-0.25, -0.2) is 9.31 Å². The fourth-order valence-corrected chi connectivity index (χ4v) is 2.89. The number of fused-ring (bicyclic) bond motifs is 1. The van der Waals surface area contributed by atoms with Crippen LogP contribution in [-0.4, -0.2) is 37.3 Å². The fraction of sp³-hybridized carbons (Fsp3) is 0.250. The number of esters is 1. The molecule has 1 N–H and O–H groups in total. The Labute approximate surface area is 127 Å². The molecular formula is C12H11N5O4S. The van der Waals surface area contributed by atoms with Crippen LogP contribution in [0.2, 0.25) is 0 Å². The Kier molecular flexibility index (Phi) is 3.37. The monoisotopic (exact) mass is 321 g/mol. The van der Waals surface area contributed by atoms with E-state index in [9.17, 15) is 14.9 Å². The molecule has 0 atom stereocenters. The van der Waals surface area contributed by atoms with Gasteiger partial charge in [0.15, 0.2) is 11.5 Å². The van der Waals surface area contributed by atoms with E-state index in [-0.39, 0.29) is 11.6 Å². The molecule has 3 aromatic heterocycles. The smallest absolute Gasteiger partial charge is 0.343 e. The molecule has 0 bridgehead atoms. The molecule has 3 aromatic rings. The fourth-order valence-electron chi connectivity index (χ4n) is 2.10. The number of nitrogens with zero attached hydrogens (tertiary/aromatic N) is 4. The molecule has 0 fully saturated rings. The number of thiophene rings is 1. The molecular weight excluding hydrogens is 310 g/mol. The minimum Gasteiger partial charge on any atom is -0.462 e. The lowest BCUT2D eigenvalue weighted by molar-refractivity contribution is -0.380. The molecule has 10 heteroatoms. The highest BCUT2D eigenvalue weighted by atomic mass is 32.1. The molecule has 3 heterocycles. The molecule has 0 radical (unpaired) electrons. The number of carbonyl (C=O) groups excluding carboxylic acids is 1. The Hall–Kier alpha value is -2.75. The highest BCUT2D eigenvalue weighted by molar-refractivity contribution is 7.18. The number of aryl methyl sites for hydroxylation is 1. The second-order valence-corrected chi connectivity index (χ2v) is 5.47. The first-order valence-corrected chi connectivity index (χ1v) is 7.20. The van der Waals surface area contributed by atoms with Gasteiger partial charge in [-0.15, -0.1) is 10.2 Å². The van der Waals surface area contributed by atoms with Gasteiger partial charge >= 0.3 is 11.0 Å². The quantitative estimate of drug-likeness (QED) is 0.447. The number of nitrogens with one attached hydrogen (secondary N) is 1. The Morgan fingerprint density at radius 3 is 2.91 bits per heavy atom. The number of nitro groups is 1. The number of ether oxygens (including phenoxy) is 1. The molecule has 0 unspecified atom stereocenters. The minimum atomic E-state index is -0.484. The highest BCUT2D eigenvalue weighted by Gasteiger charge is 2.23.